The topological polar surface area (TPSA) is 41.6 Å². The predicted molar refractivity (Wildman–Crippen MR) is 105 cm³/mol. The molecule has 0 spiro atoms. The summed E-state index contributed by atoms with van der Waals surface area (Å²) in [6.07, 6.45) is 0.936. The Morgan fingerprint density at radius 1 is 1.36 bits per heavy atom. The quantitative estimate of drug-likeness (QED) is 0.727. The Bertz CT molecular complexity index is 782. The Balaban J connectivity index is 1.77. The fourth-order valence-corrected chi connectivity index (χ4v) is 3.44. The standard InChI is InChI=1S/C19H20BrClN2O2/c1-23-7-5-17-14(12-23)9-15(11-18(17)21)22-19(24)13-3-2-4-16(10-13)25-8-6-20/h2-4,9-11H,5-8,12H2,1H3,(H,22,24). The van der Waals surface area contributed by atoms with Crippen molar-refractivity contribution in [3.63, 3.8) is 0 Å². The molecule has 0 aliphatic carbocycles. The first-order valence-corrected chi connectivity index (χ1v) is 9.67. The van der Waals surface area contributed by atoms with Crippen LogP contribution >= 0.6 is 27.5 Å². The van der Waals surface area contributed by atoms with Crippen LogP contribution < -0.4 is 10.1 Å². The minimum absolute atomic E-state index is 0.176. The number of anilines is 1. The molecular weight excluding hydrogens is 404 g/mol. The van der Waals surface area contributed by atoms with Crippen LogP contribution in [0.3, 0.4) is 0 Å². The van der Waals surface area contributed by atoms with Crippen molar-refractivity contribution in [3.8, 4) is 5.75 Å². The SMILES string of the molecule is CN1CCc2c(Cl)cc(NC(=O)c3cccc(OCCBr)c3)cc2C1. The van der Waals surface area contributed by atoms with E-state index in [2.05, 4.69) is 33.2 Å². The summed E-state index contributed by atoms with van der Waals surface area (Å²) in [6.45, 7) is 2.40. The number of nitrogens with one attached hydrogen (secondary N) is 1. The minimum atomic E-state index is -0.176. The van der Waals surface area contributed by atoms with Gasteiger partial charge in [-0.15, -0.1) is 0 Å². The Hall–Kier alpha value is -1.56. The smallest absolute Gasteiger partial charge is 0.255 e. The van der Waals surface area contributed by atoms with Gasteiger partial charge in [-0.1, -0.05) is 33.6 Å². The summed E-state index contributed by atoms with van der Waals surface area (Å²) in [7, 11) is 2.08. The van der Waals surface area contributed by atoms with Crippen molar-refractivity contribution >= 4 is 39.1 Å². The molecule has 4 nitrogen and oxygen atoms in total. The molecule has 2 aromatic rings. The molecule has 1 N–H and O–H groups in total. The van der Waals surface area contributed by atoms with E-state index in [0.717, 1.165) is 35.6 Å². The highest BCUT2D eigenvalue weighted by atomic mass is 79.9. The van der Waals surface area contributed by atoms with Gasteiger partial charge in [-0.3, -0.25) is 4.79 Å². The highest BCUT2D eigenvalue weighted by molar-refractivity contribution is 9.09. The number of benzene rings is 2. The molecule has 0 bridgehead atoms. The second-order valence-electron chi connectivity index (χ2n) is 6.10. The number of hydrogen-bond acceptors (Lipinski definition) is 3. The number of ether oxygens (including phenoxy) is 1. The van der Waals surface area contributed by atoms with Crippen molar-refractivity contribution in [1.82, 2.24) is 4.90 Å². The van der Waals surface area contributed by atoms with Crippen molar-refractivity contribution < 1.29 is 9.53 Å². The van der Waals surface area contributed by atoms with E-state index in [1.807, 2.05) is 24.3 Å². The van der Waals surface area contributed by atoms with E-state index in [1.54, 1.807) is 12.1 Å². The molecule has 0 saturated carbocycles. The third kappa shape index (κ3) is 4.54. The number of hydrogen-bond donors (Lipinski definition) is 1. The zero-order valence-corrected chi connectivity index (χ0v) is 16.4. The van der Waals surface area contributed by atoms with E-state index >= 15 is 0 Å². The normalized spacial score (nSPS) is 14.0. The molecule has 2 aromatic carbocycles. The fourth-order valence-electron chi connectivity index (χ4n) is 2.95. The van der Waals surface area contributed by atoms with Gasteiger partial charge in [0.25, 0.3) is 5.91 Å². The average Bonchev–Trinajstić information content (AvgIpc) is 2.59. The van der Waals surface area contributed by atoms with E-state index in [4.69, 9.17) is 16.3 Å². The molecule has 0 atom stereocenters. The van der Waals surface area contributed by atoms with Crippen LogP contribution in [-0.4, -0.2) is 36.3 Å². The Labute approximate surface area is 161 Å². The van der Waals surface area contributed by atoms with Crippen molar-refractivity contribution in [2.24, 2.45) is 0 Å². The lowest BCUT2D eigenvalue weighted by Crippen LogP contribution is -2.27. The molecule has 1 heterocycles. The van der Waals surface area contributed by atoms with Crippen LogP contribution in [0.15, 0.2) is 36.4 Å². The van der Waals surface area contributed by atoms with Crippen molar-refractivity contribution in [2.45, 2.75) is 13.0 Å². The third-order valence-corrected chi connectivity index (χ3v) is 4.83. The van der Waals surface area contributed by atoms with Gasteiger partial charge in [0, 0.05) is 34.7 Å². The van der Waals surface area contributed by atoms with Crippen LogP contribution in [-0.2, 0) is 13.0 Å². The number of likely N-dealkylation sites (N-methyl/N-ethyl adjacent to an activating group) is 1. The van der Waals surface area contributed by atoms with E-state index in [9.17, 15) is 4.79 Å². The molecule has 0 fully saturated rings. The maximum Gasteiger partial charge on any atom is 0.255 e. The summed E-state index contributed by atoms with van der Waals surface area (Å²) in [4.78, 5) is 14.8. The van der Waals surface area contributed by atoms with E-state index in [1.165, 1.54) is 11.1 Å². The summed E-state index contributed by atoms with van der Waals surface area (Å²) in [6, 6.07) is 11.0. The number of rotatable bonds is 5. The third-order valence-electron chi connectivity index (χ3n) is 4.17. The molecule has 0 saturated heterocycles. The lowest BCUT2D eigenvalue weighted by atomic mass is 9.99. The van der Waals surface area contributed by atoms with Gasteiger partial charge in [-0.2, -0.15) is 0 Å². The Morgan fingerprint density at radius 2 is 2.20 bits per heavy atom. The number of carbonyl (C=O) groups excluding carboxylic acids is 1. The Kier molecular flexibility index (Phi) is 5.99. The molecule has 1 amide bonds. The molecule has 6 heteroatoms. The molecule has 0 unspecified atom stereocenters. The van der Waals surface area contributed by atoms with Crippen LogP contribution in [0.2, 0.25) is 5.02 Å². The predicted octanol–water partition coefficient (Wildman–Crippen LogP) is 4.35. The van der Waals surface area contributed by atoms with E-state index in [0.29, 0.717) is 17.9 Å². The second kappa shape index (κ2) is 8.21. The van der Waals surface area contributed by atoms with Crippen molar-refractivity contribution in [2.75, 3.05) is 30.8 Å². The highest BCUT2D eigenvalue weighted by Crippen LogP contribution is 2.30. The monoisotopic (exact) mass is 422 g/mol. The highest BCUT2D eigenvalue weighted by Gasteiger charge is 2.18. The lowest BCUT2D eigenvalue weighted by Gasteiger charge is -2.26. The number of alkyl halides is 1. The molecule has 132 valence electrons. The zero-order valence-electron chi connectivity index (χ0n) is 14.0. The van der Waals surface area contributed by atoms with Crippen LogP contribution in [0.4, 0.5) is 5.69 Å². The van der Waals surface area contributed by atoms with Gasteiger partial charge in [-0.05, 0) is 54.9 Å². The number of nitrogens with zero attached hydrogens (tertiary/aromatic N) is 1. The first kappa shape index (κ1) is 18.2. The summed E-state index contributed by atoms with van der Waals surface area (Å²) in [5.74, 6) is 0.502. The Morgan fingerprint density at radius 3 is 3.00 bits per heavy atom. The molecule has 1 aliphatic heterocycles. The van der Waals surface area contributed by atoms with Gasteiger partial charge in [0.05, 0.1) is 6.61 Å². The lowest BCUT2D eigenvalue weighted by molar-refractivity contribution is 0.102. The maximum atomic E-state index is 12.6. The van der Waals surface area contributed by atoms with Crippen molar-refractivity contribution in [1.29, 1.82) is 0 Å². The maximum absolute atomic E-state index is 12.6. The number of halogens is 2. The molecule has 3 rings (SSSR count). The first-order chi connectivity index (χ1) is 12.1. The zero-order chi connectivity index (χ0) is 17.8. The van der Waals surface area contributed by atoms with E-state index < -0.39 is 0 Å². The largest absolute Gasteiger partial charge is 0.493 e. The molecular formula is C19H20BrClN2O2. The van der Waals surface area contributed by atoms with Gasteiger partial charge >= 0.3 is 0 Å². The van der Waals surface area contributed by atoms with Crippen LogP contribution in [0, 0.1) is 0 Å². The van der Waals surface area contributed by atoms with Crippen LogP contribution in [0.1, 0.15) is 21.5 Å². The molecule has 0 aromatic heterocycles. The summed E-state index contributed by atoms with van der Waals surface area (Å²) in [5.41, 5.74) is 3.63. The van der Waals surface area contributed by atoms with Crippen LogP contribution in [0.5, 0.6) is 5.75 Å². The number of amides is 1. The number of carbonyl (C=O) groups is 1. The van der Waals surface area contributed by atoms with E-state index in [-0.39, 0.29) is 5.91 Å². The first-order valence-electron chi connectivity index (χ1n) is 8.17. The van der Waals surface area contributed by atoms with Crippen LogP contribution in [0.25, 0.3) is 0 Å². The summed E-state index contributed by atoms with van der Waals surface area (Å²) in [5, 5.41) is 4.40. The van der Waals surface area contributed by atoms with Gasteiger partial charge in [0.2, 0.25) is 0 Å². The average molecular weight is 424 g/mol. The summed E-state index contributed by atoms with van der Waals surface area (Å²) < 4.78 is 5.55. The molecule has 1 aliphatic rings. The minimum Gasteiger partial charge on any atom is -0.493 e. The van der Waals surface area contributed by atoms with Gasteiger partial charge in [0.15, 0.2) is 0 Å². The fraction of sp³-hybridized carbons (Fsp3) is 0.316. The summed E-state index contributed by atoms with van der Waals surface area (Å²) >= 11 is 9.73. The molecule has 25 heavy (non-hydrogen) atoms. The van der Waals surface area contributed by atoms with Gasteiger partial charge in [-0.25, -0.2) is 0 Å². The number of fused-ring (bicyclic) bond motifs is 1. The van der Waals surface area contributed by atoms with Gasteiger partial charge in [0.1, 0.15) is 5.75 Å². The molecule has 0 radical (unpaired) electrons. The van der Waals surface area contributed by atoms with Gasteiger partial charge < -0.3 is 15.0 Å². The second-order valence-corrected chi connectivity index (χ2v) is 7.30. The van der Waals surface area contributed by atoms with Crippen molar-refractivity contribution in [3.05, 3.63) is 58.1 Å².